The summed E-state index contributed by atoms with van der Waals surface area (Å²) in [6.07, 6.45) is 5.76. The lowest BCUT2D eigenvalue weighted by atomic mass is 10.1. The van der Waals surface area contributed by atoms with Crippen LogP contribution in [0.25, 0.3) is 0 Å². The Labute approximate surface area is 117 Å². The van der Waals surface area contributed by atoms with Crippen LogP contribution in [-0.4, -0.2) is 31.7 Å². The SMILES string of the molecule is CCOc1cc([N+]2(NC)CCCCC2)cnc1Br. The molecule has 1 saturated heterocycles. The van der Waals surface area contributed by atoms with E-state index in [1.807, 2.05) is 20.2 Å². The molecule has 1 aromatic rings. The maximum Gasteiger partial charge on any atom is 0.174 e. The summed E-state index contributed by atoms with van der Waals surface area (Å²) in [6, 6.07) is 2.10. The highest BCUT2D eigenvalue weighted by Crippen LogP contribution is 2.32. The van der Waals surface area contributed by atoms with Crippen LogP contribution >= 0.6 is 15.9 Å². The third-order valence-electron chi connectivity index (χ3n) is 3.59. The Morgan fingerprint density at radius 2 is 2.11 bits per heavy atom. The molecule has 0 aromatic carbocycles. The minimum atomic E-state index is 0.656. The summed E-state index contributed by atoms with van der Waals surface area (Å²) in [5.74, 6) is 0.827. The lowest BCUT2D eigenvalue weighted by molar-refractivity contribution is 0.172. The largest absolute Gasteiger partial charge is 0.491 e. The van der Waals surface area contributed by atoms with E-state index < -0.39 is 0 Å². The van der Waals surface area contributed by atoms with Crippen LogP contribution in [0.2, 0.25) is 0 Å². The third-order valence-corrected chi connectivity index (χ3v) is 4.19. The fraction of sp³-hybridized carbons (Fsp3) is 0.615. The van der Waals surface area contributed by atoms with Crippen LogP contribution < -0.4 is 14.8 Å². The zero-order chi connectivity index (χ0) is 13.0. The molecule has 0 radical (unpaired) electrons. The number of hydrogen-bond acceptors (Lipinski definition) is 3. The number of aromatic nitrogens is 1. The first-order chi connectivity index (χ1) is 8.72. The van der Waals surface area contributed by atoms with Gasteiger partial charge in [0.25, 0.3) is 0 Å². The summed E-state index contributed by atoms with van der Waals surface area (Å²) >= 11 is 3.43. The molecule has 0 unspecified atom stereocenters. The Morgan fingerprint density at radius 3 is 2.72 bits per heavy atom. The number of nitrogens with one attached hydrogen (secondary N) is 1. The van der Waals surface area contributed by atoms with Crippen LogP contribution in [-0.2, 0) is 0 Å². The maximum absolute atomic E-state index is 5.61. The average Bonchev–Trinajstić information content (AvgIpc) is 2.42. The van der Waals surface area contributed by atoms with Crippen LogP contribution in [0.15, 0.2) is 16.9 Å². The molecule has 1 N–H and O–H groups in total. The van der Waals surface area contributed by atoms with Crippen LogP contribution in [0.5, 0.6) is 5.75 Å². The van der Waals surface area contributed by atoms with Gasteiger partial charge < -0.3 is 4.74 Å². The summed E-state index contributed by atoms with van der Waals surface area (Å²) in [5, 5.41) is 0. The molecule has 0 bridgehead atoms. The quantitative estimate of drug-likeness (QED) is 0.685. The Morgan fingerprint density at radius 1 is 1.39 bits per heavy atom. The fourth-order valence-corrected chi connectivity index (χ4v) is 2.90. The summed E-state index contributed by atoms with van der Waals surface area (Å²) in [6.45, 7) is 4.88. The van der Waals surface area contributed by atoms with E-state index >= 15 is 0 Å². The lowest BCUT2D eigenvalue weighted by Gasteiger charge is -2.39. The van der Waals surface area contributed by atoms with Crippen molar-refractivity contribution in [2.75, 3.05) is 26.7 Å². The van der Waals surface area contributed by atoms with Crippen LogP contribution in [0, 0.1) is 0 Å². The number of rotatable bonds is 4. The van der Waals surface area contributed by atoms with Gasteiger partial charge in [-0.3, -0.25) is 0 Å². The van der Waals surface area contributed by atoms with Crippen LogP contribution in [0.3, 0.4) is 0 Å². The summed E-state index contributed by atoms with van der Waals surface area (Å²) in [5.41, 5.74) is 4.63. The van der Waals surface area contributed by atoms with Gasteiger partial charge in [0.1, 0.15) is 17.7 Å². The van der Waals surface area contributed by atoms with Crippen molar-refractivity contribution in [3.63, 3.8) is 0 Å². The highest BCUT2D eigenvalue weighted by molar-refractivity contribution is 9.10. The van der Waals surface area contributed by atoms with Gasteiger partial charge >= 0.3 is 0 Å². The summed E-state index contributed by atoms with van der Waals surface area (Å²) < 4.78 is 7.19. The van der Waals surface area contributed by atoms with Crippen molar-refractivity contribution in [3.8, 4) is 5.75 Å². The standard InChI is InChI=1S/C13H21BrN3O/c1-3-18-12-9-11(10-16-13(12)14)17(15-2)7-5-4-6-8-17/h9-10,15H,3-8H2,1-2H3/q+1. The first-order valence-corrected chi connectivity index (χ1v) is 7.36. The number of halogens is 1. The molecule has 0 saturated carbocycles. The predicted molar refractivity (Wildman–Crippen MR) is 77.5 cm³/mol. The molecule has 2 heterocycles. The molecule has 1 aromatic heterocycles. The predicted octanol–water partition coefficient (Wildman–Crippen LogP) is 2.87. The molecule has 100 valence electrons. The molecular weight excluding hydrogens is 294 g/mol. The smallest absolute Gasteiger partial charge is 0.174 e. The molecule has 0 aliphatic carbocycles. The Kier molecular flexibility index (Phi) is 4.59. The Bertz CT molecular complexity index is 405. The minimum absolute atomic E-state index is 0.656. The summed E-state index contributed by atoms with van der Waals surface area (Å²) in [4.78, 5) is 4.40. The molecular formula is C13H21BrN3O+. The van der Waals surface area contributed by atoms with E-state index in [2.05, 4.69) is 32.4 Å². The summed E-state index contributed by atoms with van der Waals surface area (Å²) in [7, 11) is 2.02. The minimum Gasteiger partial charge on any atom is -0.491 e. The molecule has 1 aliphatic heterocycles. The molecule has 5 heteroatoms. The topological polar surface area (TPSA) is 34.1 Å². The molecule has 0 atom stereocenters. The first-order valence-electron chi connectivity index (χ1n) is 6.57. The van der Waals surface area contributed by atoms with Crippen molar-refractivity contribution in [2.24, 2.45) is 0 Å². The molecule has 1 fully saturated rings. The molecule has 4 nitrogen and oxygen atoms in total. The van der Waals surface area contributed by atoms with Crippen molar-refractivity contribution in [2.45, 2.75) is 26.2 Å². The Balaban J connectivity index is 2.33. The Hall–Kier alpha value is -0.650. The second kappa shape index (κ2) is 5.99. The van der Waals surface area contributed by atoms with E-state index in [-0.39, 0.29) is 0 Å². The van der Waals surface area contributed by atoms with Crippen molar-refractivity contribution in [1.29, 1.82) is 0 Å². The van der Waals surface area contributed by atoms with Gasteiger partial charge in [-0.05, 0) is 42.1 Å². The second-order valence-corrected chi connectivity index (χ2v) is 5.37. The van der Waals surface area contributed by atoms with Gasteiger partial charge in [-0.1, -0.05) is 0 Å². The molecule has 0 amide bonds. The van der Waals surface area contributed by atoms with Gasteiger partial charge in [-0.15, -0.1) is 0 Å². The highest BCUT2D eigenvalue weighted by atomic mass is 79.9. The van der Waals surface area contributed by atoms with E-state index in [4.69, 9.17) is 4.74 Å². The van der Waals surface area contributed by atoms with Crippen molar-refractivity contribution >= 4 is 21.6 Å². The normalized spacial score (nSPS) is 18.6. The maximum atomic E-state index is 5.61. The van der Waals surface area contributed by atoms with Crippen molar-refractivity contribution in [3.05, 3.63) is 16.9 Å². The van der Waals surface area contributed by atoms with Crippen molar-refractivity contribution < 1.29 is 4.74 Å². The molecule has 0 spiro atoms. The lowest BCUT2D eigenvalue weighted by Crippen LogP contribution is -2.60. The zero-order valence-corrected chi connectivity index (χ0v) is 12.7. The highest BCUT2D eigenvalue weighted by Gasteiger charge is 2.32. The van der Waals surface area contributed by atoms with E-state index in [1.165, 1.54) is 24.9 Å². The number of ether oxygens (including phenoxy) is 1. The number of pyridine rings is 1. The number of piperidine rings is 1. The van der Waals surface area contributed by atoms with Gasteiger partial charge in [0.15, 0.2) is 11.4 Å². The monoisotopic (exact) mass is 314 g/mol. The zero-order valence-electron chi connectivity index (χ0n) is 11.1. The van der Waals surface area contributed by atoms with Crippen LogP contribution in [0.4, 0.5) is 5.69 Å². The van der Waals surface area contributed by atoms with E-state index in [1.54, 1.807) is 0 Å². The average molecular weight is 315 g/mol. The van der Waals surface area contributed by atoms with Gasteiger partial charge in [0, 0.05) is 13.1 Å². The first kappa shape index (κ1) is 13.8. The van der Waals surface area contributed by atoms with Gasteiger partial charge in [-0.2, -0.15) is 5.43 Å². The molecule has 1 aliphatic rings. The van der Waals surface area contributed by atoms with Gasteiger partial charge in [0.2, 0.25) is 0 Å². The fourth-order valence-electron chi connectivity index (χ4n) is 2.57. The van der Waals surface area contributed by atoms with Crippen molar-refractivity contribution in [1.82, 2.24) is 15.0 Å². The second-order valence-electron chi connectivity index (χ2n) is 4.61. The van der Waals surface area contributed by atoms with E-state index in [0.717, 1.165) is 28.0 Å². The van der Waals surface area contributed by atoms with E-state index in [0.29, 0.717) is 6.61 Å². The third kappa shape index (κ3) is 2.68. The number of quaternary nitrogens is 1. The number of nitrogens with zero attached hydrogens (tertiary/aromatic N) is 2. The van der Waals surface area contributed by atoms with Gasteiger partial charge in [-0.25, -0.2) is 9.58 Å². The van der Waals surface area contributed by atoms with Gasteiger partial charge in [0.05, 0.1) is 12.8 Å². The molecule has 2 rings (SSSR count). The number of hydrogen-bond donors (Lipinski definition) is 1. The molecule has 18 heavy (non-hydrogen) atoms. The van der Waals surface area contributed by atoms with Crippen LogP contribution in [0.1, 0.15) is 26.2 Å². The van der Waals surface area contributed by atoms with E-state index in [9.17, 15) is 0 Å².